The van der Waals surface area contributed by atoms with Crippen LogP contribution in [-0.2, 0) is 15.6 Å². The fourth-order valence-electron chi connectivity index (χ4n) is 2.13. The lowest BCUT2D eigenvalue weighted by Gasteiger charge is -2.10. The molecule has 0 radical (unpaired) electrons. The Balaban J connectivity index is 2.43. The molecular formula is C15H16FNO2S. The standard InChI is InChI=1S/C15H16FNO2S/c1-10-3-6-15(11(2)7-10)20(18,19)9-12-8-13(16)4-5-14(12)17/h3-8H,9,17H2,1-2H3. The molecule has 0 bridgehead atoms. The lowest BCUT2D eigenvalue weighted by molar-refractivity contribution is 0.594. The minimum absolute atomic E-state index is 0.256. The van der Waals surface area contributed by atoms with Crippen molar-refractivity contribution in [1.29, 1.82) is 0 Å². The van der Waals surface area contributed by atoms with Crippen LogP contribution in [0.1, 0.15) is 16.7 Å². The Bertz CT molecular complexity index is 754. The van der Waals surface area contributed by atoms with Gasteiger partial charge in [0.2, 0.25) is 0 Å². The molecule has 0 heterocycles. The summed E-state index contributed by atoms with van der Waals surface area (Å²) in [5.74, 6) is -0.800. The van der Waals surface area contributed by atoms with Crippen LogP contribution in [0.4, 0.5) is 10.1 Å². The number of hydrogen-bond acceptors (Lipinski definition) is 3. The molecular weight excluding hydrogens is 277 g/mol. The van der Waals surface area contributed by atoms with E-state index in [1.807, 2.05) is 13.0 Å². The van der Waals surface area contributed by atoms with Gasteiger partial charge in [0.05, 0.1) is 10.6 Å². The largest absolute Gasteiger partial charge is 0.398 e. The molecule has 5 heteroatoms. The van der Waals surface area contributed by atoms with E-state index < -0.39 is 15.7 Å². The highest BCUT2D eigenvalue weighted by Gasteiger charge is 2.19. The first-order valence-corrected chi connectivity index (χ1v) is 7.79. The maximum Gasteiger partial charge on any atom is 0.182 e. The predicted molar refractivity (Wildman–Crippen MR) is 77.6 cm³/mol. The Morgan fingerprint density at radius 3 is 2.45 bits per heavy atom. The summed E-state index contributed by atoms with van der Waals surface area (Å²) in [5.41, 5.74) is 7.94. The number of sulfone groups is 1. The van der Waals surface area contributed by atoms with Crippen LogP contribution >= 0.6 is 0 Å². The van der Waals surface area contributed by atoms with Gasteiger partial charge in [-0.15, -0.1) is 0 Å². The fourth-order valence-corrected chi connectivity index (χ4v) is 3.77. The van der Waals surface area contributed by atoms with Gasteiger partial charge in [-0.05, 0) is 49.2 Å². The Morgan fingerprint density at radius 2 is 1.80 bits per heavy atom. The lowest BCUT2D eigenvalue weighted by Crippen LogP contribution is -2.09. The molecule has 0 aliphatic heterocycles. The molecule has 0 spiro atoms. The first-order chi connectivity index (χ1) is 9.29. The molecule has 0 unspecified atom stereocenters. The normalized spacial score (nSPS) is 11.6. The molecule has 0 aliphatic rings. The van der Waals surface area contributed by atoms with Crippen molar-refractivity contribution < 1.29 is 12.8 Å². The van der Waals surface area contributed by atoms with Gasteiger partial charge in [0.1, 0.15) is 5.82 Å². The Kier molecular flexibility index (Phi) is 3.81. The van der Waals surface area contributed by atoms with E-state index in [0.717, 1.165) is 11.6 Å². The summed E-state index contributed by atoms with van der Waals surface area (Å²) in [6.07, 6.45) is 0. The first-order valence-electron chi connectivity index (χ1n) is 6.13. The van der Waals surface area contributed by atoms with Gasteiger partial charge >= 0.3 is 0 Å². The number of anilines is 1. The van der Waals surface area contributed by atoms with Crippen molar-refractivity contribution in [3.05, 3.63) is 58.9 Å². The molecule has 0 atom stereocenters. The van der Waals surface area contributed by atoms with Crippen molar-refractivity contribution in [3.63, 3.8) is 0 Å². The summed E-state index contributed by atoms with van der Waals surface area (Å²) in [4.78, 5) is 0.256. The topological polar surface area (TPSA) is 60.2 Å². The van der Waals surface area contributed by atoms with E-state index in [2.05, 4.69) is 0 Å². The molecule has 0 aliphatic carbocycles. The van der Waals surface area contributed by atoms with Crippen LogP contribution < -0.4 is 5.73 Å². The number of halogens is 1. The molecule has 0 fully saturated rings. The number of nitrogens with two attached hydrogens (primary N) is 1. The fraction of sp³-hybridized carbons (Fsp3) is 0.200. The van der Waals surface area contributed by atoms with Crippen LogP contribution in [-0.4, -0.2) is 8.42 Å². The number of hydrogen-bond donors (Lipinski definition) is 1. The number of benzene rings is 2. The van der Waals surface area contributed by atoms with E-state index in [1.54, 1.807) is 19.1 Å². The second kappa shape index (κ2) is 5.25. The molecule has 0 amide bonds. The van der Waals surface area contributed by atoms with E-state index in [0.29, 0.717) is 5.56 Å². The van der Waals surface area contributed by atoms with Crippen molar-refractivity contribution in [2.24, 2.45) is 0 Å². The van der Waals surface area contributed by atoms with Gasteiger partial charge in [-0.2, -0.15) is 0 Å². The molecule has 20 heavy (non-hydrogen) atoms. The van der Waals surface area contributed by atoms with E-state index in [4.69, 9.17) is 5.73 Å². The first kappa shape index (κ1) is 14.5. The van der Waals surface area contributed by atoms with E-state index in [-0.39, 0.29) is 21.9 Å². The monoisotopic (exact) mass is 293 g/mol. The van der Waals surface area contributed by atoms with Gasteiger partial charge < -0.3 is 5.73 Å². The molecule has 2 N–H and O–H groups in total. The highest BCUT2D eigenvalue weighted by atomic mass is 32.2. The second-order valence-corrected chi connectivity index (χ2v) is 6.83. The van der Waals surface area contributed by atoms with Crippen LogP contribution in [0.25, 0.3) is 0 Å². The molecule has 2 rings (SSSR count). The summed E-state index contributed by atoms with van der Waals surface area (Å²) >= 11 is 0. The SMILES string of the molecule is Cc1ccc(S(=O)(=O)Cc2cc(F)ccc2N)c(C)c1. The molecule has 2 aromatic rings. The number of aryl methyl sites for hydroxylation is 2. The molecule has 0 saturated heterocycles. The summed E-state index contributed by atoms with van der Waals surface area (Å²) in [5, 5.41) is 0. The van der Waals surface area contributed by atoms with Crippen molar-refractivity contribution in [3.8, 4) is 0 Å². The van der Waals surface area contributed by atoms with Crippen LogP contribution in [0.15, 0.2) is 41.3 Å². The lowest BCUT2D eigenvalue weighted by atomic mass is 10.2. The molecule has 3 nitrogen and oxygen atoms in total. The van der Waals surface area contributed by atoms with E-state index in [9.17, 15) is 12.8 Å². The van der Waals surface area contributed by atoms with Crippen LogP contribution in [0.3, 0.4) is 0 Å². The predicted octanol–water partition coefficient (Wildman–Crippen LogP) is 3.00. The van der Waals surface area contributed by atoms with Crippen LogP contribution in [0.5, 0.6) is 0 Å². The van der Waals surface area contributed by atoms with Crippen molar-refractivity contribution in [1.82, 2.24) is 0 Å². The second-order valence-electron chi connectivity index (χ2n) is 4.87. The van der Waals surface area contributed by atoms with Gasteiger partial charge in [0.25, 0.3) is 0 Å². The summed E-state index contributed by atoms with van der Waals surface area (Å²) in [6.45, 7) is 3.64. The van der Waals surface area contributed by atoms with E-state index >= 15 is 0 Å². The minimum Gasteiger partial charge on any atom is -0.398 e. The smallest absolute Gasteiger partial charge is 0.182 e. The average Bonchev–Trinajstić information content (AvgIpc) is 2.33. The molecule has 0 aromatic heterocycles. The third-order valence-electron chi connectivity index (χ3n) is 3.12. The van der Waals surface area contributed by atoms with Crippen molar-refractivity contribution in [2.75, 3.05) is 5.73 Å². The maximum atomic E-state index is 13.2. The Morgan fingerprint density at radius 1 is 1.10 bits per heavy atom. The van der Waals surface area contributed by atoms with Crippen molar-refractivity contribution in [2.45, 2.75) is 24.5 Å². The number of nitrogen functional groups attached to an aromatic ring is 1. The van der Waals surface area contributed by atoms with Gasteiger partial charge in [-0.3, -0.25) is 0 Å². The quantitative estimate of drug-likeness (QED) is 0.885. The summed E-state index contributed by atoms with van der Waals surface area (Å²) in [6, 6.07) is 8.88. The molecule has 0 saturated carbocycles. The Hall–Kier alpha value is -1.88. The van der Waals surface area contributed by atoms with Gasteiger partial charge in [0, 0.05) is 5.69 Å². The zero-order chi connectivity index (χ0) is 14.9. The maximum absolute atomic E-state index is 13.2. The zero-order valence-corrected chi connectivity index (χ0v) is 12.2. The molecule has 106 valence electrons. The highest BCUT2D eigenvalue weighted by Crippen LogP contribution is 2.24. The van der Waals surface area contributed by atoms with E-state index in [1.165, 1.54) is 12.1 Å². The minimum atomic E-state index is -3.55. The van der Waals surface area contributed by atoms with Crippen LogP contribution in [0.2, 0.25) is 0 Å². The third-order valence-corrected chi connectivity index (χ3v) is 4.94. The van der Waals surface area contributed by atoms with Gasteiger partial charge in [-0.1, -0.05) is 17.7 Å². The third kappa shape index (κ3) is 2.99. The highest BCUT2D eigenvalue weighted by molar-refractivity contribution is 7.90. The van der Waals surface area contributed by atoms with Gasteiger partial charge in [-0.25, -0.2) is 12.8 Å². The Labute approximate surface area is 118 Å². The molecule has 2 aromatic carbocycles. The summed E-state index contributed by atoms with van der Waals surface area (Å²) < 4.78 is 38.0. The zero-order valence-electron chi connectivity index (χ0n) is 11.4. The average molecular weight is 293 g/mol. The van der Waals surface area contributed by atoms with Crippen molar-refractivity contribution >= 4 is 15.5 Å². The van der Waals surface area contributed by atoms with Crippen LogP contribution in [0, 0.1) is 19.7 Å². The summed E-state index contributed by atoms with van der Waals surface area (Å²) in [7, 11) is -3.55. The van der Waals surface area contributed by atoms with Gasteiger partial charge in [0.15, 0.2) is 9.84 Å². The number of rotatable bonds is 3.